The number of piperidine rings is 1. The van der Waals surface area contributed by atoms with Gasteiger partial charge in [0.25, 0.3) is 0 Å². The molecule has 1 aliphatic carbocycles. The van der Waals surface area contributed by atoms with E-state index >= 15 is 0 Å². The Bertz CT molecular complexity index is 934. The van der Waals surface area contributed by atoms with Gasteiger partial charge in [-0.1, -0.05) is 11.2 Å². The Labute approximate surface area is 180 Å². The van der Waals surface area contributed by atoms with Crippen molar-refractivity contribution in [2.75, 3.05) is 26.2 Å². The second kappa shape index (κ2) is 8.37. The number of aromatic nitrogens is 3. The average Bonchev–Trinajstić information content (AvgIpc) is 3.55. The minimum Gasteiger partial charge on any atom is -0.372 e. The van der Waals surface area contributed by atoms with Crippen LogP contribution in [0, 0.1) is 0 Å². The van der Waals surface area contributed by atoms with Crippen molar-refractivity contribution in [2.45, 2.75) is 56.6 Å². The van der Waals surface area contributed by atoms with Crippen molar-refractivity contribution < 1.29 is 18.8 Å². The molecule has 2 amide bonds. The summed E-state index contributed by atoms with van der Waals surface area (Å²) < 4.78 is 11.5. The van der Waals surface area contributed by atoms with Gasteiger partial charge >= 0.3 is 0 Å². The molecule has 2 aromatic rings. The van der Waals surface area contributed by atoms with Gasteiger partial charge in [-0.15, -0.1) is 0 Å². The lowest BCUT2D eigenvalue weighted by Crippen LogP contribution is -2.53. The van der Waals surface area contributed by atoms with Gasteiger partial charge in [0.2, 0.25) is 17.7 Å². The van der Waals surface area contributed by atoms with Gasteiger partial charge in [-0.3, -0.25) is 14.6 Å². The fraction of sp³-hybridized carbons (Fsp3) is 0.591. The normalized spacial score (nSPS) is 21.4. The Balaban J connectivity index is 1.21. The first-order valence-corrected chi connectivity index (χ1v) is 11.0. The number of nitrogens with zero attached hydrogens (tertiary/aromatic N) is 5. The number of carbonyl (C=O) groups excluding carboxylic acids is 2. The fourth-order valence-corrected chi connectivity index (χ4v) is 4.39. The van der Waals surface area contributed by atoms with Crippen molar-refractivity contribution in [3.63, 3.8) is 0 Å². The summed E-state index contributed by atoms with van der Waals surface area (Å²) in [4.78, 5) is 37.6. The van der Waals surface area contributed by atoms with Gasteiger partial charge in [0.1, 0.15) is 0 Å². The highest BCUT2D eigenvalue weighted by molar-refractivity contribution is 5.79. The van der Waals surface area contributed by atoms with Gasteiger partial charge in [0.15, 0.2) is 5.82 Å². The molecule has 0 radical (unpaired) electrons. The predicted octanol–water partition coefficient (Wildman–Crippen LogP) is 1.69. The summed E-state index contributed by atoms with van der Waals surface area (Å²) in [7, 11) is 0. The minimum absolute atomic E-state index is 0.0460. The number of ether oxygens (including phenoxy) is 1. The van der Waals surface area contributed by atoms with E-state index in [-0.39, 0.29) is 11.8 Å². The van der Waals surface area contributed by atoms with E-state index in [1.165, 1.54) is 0 Å². The number of rotatable bonds is 5. The van der Waals surface area contributed by atoms with Gasteiger partial charge in [0.05, 0.1) is 38.1 Å². The molecule has 164 valence electrons. The molecule has 0 aromatic carbocycles. The maximum Gasteiger partial charge on any atom is 0.229 e. The van der Waals surface area contributed by atoms with E-state index in [0.29, 0.717) is 76.1 Å². The molecule has 2 aromatic heterocycles. The minimum atomic E-state index is -0.430. The zero-order valence-corrected chi connectivity index (χ0v) is 17.5. The zero-order valence-electron chi connectivity index (χ0n) is 17.5. The molecule has 1 saturated carbocycles. The van der Waals surface area contributed by atoms with E-state index in [0.717, 1.165) is 18.4 Å². The predicted molar refractivity (Wildman–Crippen MR) is 109 cm³/mol. The van der Waals surface area contributed by atoms with E-state index in [2.05, 4.69) is 15.1 Å². The summed E-state index contributed by atoms with van der Waals surface area (Å²) in [6, 6.07) is 3.76. The molecule has 0 atom stereocenters. The molecule has 3 fully saturated rings. The Hall–Kier alpha value is -2.81. The Morgan fingerprint density at radius 2 is 2.10 bits per heavy atom. The molecule has 9 nitrogen and oxygen atoms in total. The van der Waals surface area contributed by atoms with Gasteiger partial charge in [-0.05, 0) is 37.3 Å². The molecule has 9 heteroatoms. The van der Waals surface area contributed by atoms with Crippen molar-refractivity contribution in [3.05, 3.63) is 41.8 Å². The highest BCUT2D eigenvalue weighted by atomic mass is 16.5. The molecular weight excluding hydrogens is 398 g/mol. The largest absolute Gasteiger partial charge is 0.372 e. The van der Waals surface area contributed by atoms with Crippen molar-refractivity contribution in [2.24, 2.45) is 0 Å². The Morgan fingerprint density at radius 3 is 2.84 bits per heavy atom. The number of carbonyl (C=O) groups is 2. The van der Waals surface area contributed by atoms with Crippen LogP contribution in [0.4, 0.5) is 0 Å². The lowest BCUT2D eigenvalue weighted by molar-refractivity contribution is -0.140. The van der Waals surface area contributed by atoms with E-state index in [4.69, 9.17) is 9.26 Å². The van der Waals surface area contributed by atoms with E-state index in [1.54, 1.807) is 17.3 Å². The number of amides is 2. The monoisotopic (exact) mass is 425 g/mol. The molecule has 2 saturated heterocycles. The van der Waals surface area contributed by atoms with Gasteiger partial charge in [-0.2, -0.15) is 4.98 Å². The second-order valence-electron chi connectivity index (χ2n) is 8.77. The summed E-state index contributed by atoms with van der Waals surface area (Å²) in [5, 5.41) is 4.07. The van der Waals surface area contributed by atoms with Crippen LogP contribution in [0.2, 0.25) is 0 Å². The summed E-state index contributed by atoms with van der Waals surface area (Å²) in [6.07, 6.45) is 7.73. The molecular formula is C22H27N5O4. The van der Waals surface area contributed by atoms with Gasteiger partial charge < -0.3 is 19.1 Å². The first-order chi connectivity index (χ1) is 15.1. The molecule has 1 spiro atoms. The molecule has 3 aliphatic rings. The van der Waals surface area contributed by atoms with E-state index < -0.39 is 5.60 Å². The van der Waals surface area contributed by atoms with E-state index in [1.807, 2.05) is 17.0 Å². The number of likely N-dealkylation sites (tertiary alicyclic amines) is 1. The van der Waals surface area contributed by atoms with Crippen LogP contribution < -0.4 is 0 Å². The zero-order chi connectivity index (χ0) is 21.3. The second-order valence-corrected chi connectivity index (χ2v) is 8.77. The summed E-state index contributed by atoms with van der Waals surface area (Å²) in [6.45, 7) is 2.47. The van der Waals surface area contributed by atoms with E-state index in [9.17, 15) is 9.59 Å². The van der Waals surface area contributed by atoms with Crippen LogP contribution in [0.3, 0.4) is 0 Å². The lowest BCUT2D eigenvalue weighted by atomic mass is 9.90. The molecule has 2 aliphatic heterocycles. The highest BCUT2D eigenvalue weighted by Gasteiger charge is 2.41. The smallest absolute Gasteiger partial charge is 0.229 e. The topological polar surface area (TPSA) is 102 Å². The first-order valence-electron chi connectivity index (χ1n) is 11.0. The third kappa shape index (κ3) is 4.61. The third-order valence-electron chi connectivity index (χ3n) is 6.40. The highest BCUT2D eigenvalue weighted by Crippen LogP contribution is 2.39. The first kappa shape index (κ1) is 20.1. The quantitative estimate of drug-likeness (QED) is 0.718. The van der Waals surface area contributed by atoms with Crippen molar-refractivity contribution >= 4 is 11.8 Å². The number of hydrogen-bond acceptors (Lipinski definition) is 7. The third-order valence-corrected chi connectivity index (χ3v) is 6.40. The maximum atomic E-state index is 12.7. The molecule has 0 unspecified atom stereocenters. The van der Waals surface area contributed by atoms with Crippen LogP contribution in [0.1, 0.15) is 55.3 Å². The maximum absolute atomic E-state index is 12.7. The standard InChI is InChI=1S/C22H27N5O4/c28-19-5-11-30-22(15-27(19)14-18-24-21(31-25-18)17-3-4-17)6-9-26(10-7-22)20(29)12-16-2-1-8-23-13-16/h1-2,8,13,17H,3-7,9-12,14-15H2. The molecule has 5 rings (SSSR count). The van der Waals surface area contributed by atoms with Gasteiger partial charge in [-0.25, -0.2) is 0 Å². The molecule has 0 bridgehead atoms. The van der Waals surface area contributed by atoms with Crippen LogP contribution >= 0.6 is 0 Å². The fourth-order valence-electron chi connectivity index (χ4n) is 4.39. The SMILES string of the molecule is O=C(Cc1cccnc1)N1CCC2(CC1)CN(Cc1noc(C3CC3)n1)C(=O)CCO2. The van der Waals surface area contributed by atoms with Crippen molar-refractivity contribution in [1.82, 2.24) is 24.9 Å². The van der Waals surface area contributed by atoms with Crippen molar-refractivity contribution in [3.8, 4) is 0 Å². The van der Waals surface area contributed by atoms with Crippen LogP contribution in [0.5, 0.6) is 0 Å². The average molecular weight is 425 g/mol. The van der Waals surface area contributed by atoms with Crippen LogP contribution in [0.25, 0.3) is 0 Å². The summed E-state index contributed by atoms with van der Waals surface area (Å²) in [5.41, 5.74) is 0.487. The number of pyridine rings is 1. The number of hydrogen-bond donors (Lipinski definition) is 0. The molecule has 31 heavy (non-hydrogen) atoms. The summed E-state index contributed by atoms with van der Waals surface area (Å²) >= 11 is 0. The Morgan fingerprint density at radius 1 is 1.26 bits per heavy atom. The van der Waals surface area contributed by atoms with Gasteiger partial charge in [0, 0.05) is 31.4 Å². The summed E-state index contributed by atoms with van der Waals surface area (Å²) in [5.74, 6) is 1.78. The van der Waals surface area contributed by atoms with Crippen LogP contribution in [0.15, 0.2) is 29.0 Å². The van der Waals surface area contributed by atoms with Crippen LogP contribution in [-0.2, 0) is 27.3 Å². The molecule has 0 N–H and O–H groups in total. The molecule has 4 heterocycles. The Kier molecular flexibility index (Phi) is 5.43. The van der Waals surface area contributed by atoms with Crippen molar-refractivity contribution in [1.29, 1.82) is 0 Å². The lowest BCUT2D eigenvalue weighted by Gasteiger charge is -2.42. The van der Waals surface area contributed by atoms with Crippen LogP contribution in [-0.4, -0.2) is 68.6 Å².